The Hall–Kier alpha value is -2.81. The van der Waals surface area contributed by atoms with Gasteiger partial charge >= 0.3 is 5.97 Å². The molecule has 0 saturated heterocycles. The van der Waals surface area contributed by atoms with Crippen molar-refractivity contribution in [2.45, 2.75) is 39.4 Å². The molecule has 0 aromatic carbocycles. The molecule has 3 aromatic heterocycles. The number of ether oxygens (including phenoxy) is 1. The third-order valence-electron chi connectivity index (χ3n) is 4.30. The van der Waals surface area contributed by atoms with Crippen LogP contribution in [0.1, 0.15) is 46.0 Å². The van der Waals surface area contributed by atoms with Crippen molar-refractivity contribution >= 4 is 23.5 Å². The lowest BCUT2D eigenvalue weighted by Crippen LogP contribution is -2.09. The number of H-pyrrole nitrogens is 1. The van der Waals surface area contributed by atoms with E-state index in [-0.39, 0.29) is 18.1 Å². The number of aromatic nitrogens is 4. The zero-order valence-electron chi connectivity index (χ0n) is 16.2. The fraction of sp³-hybridized carbons (Fsp3) is 0.368. The summed E-state index contributed by atoms with van der Waals surface area (Å²) in [6.45, 7) is 8.17. The molecule has 0 bridgehead atoms. The van der Waals surface area contributed by atoms with Gasteiger partial charge in [0.15, 0.2) is 22.5 Å². The number of nitrogens with zero attached hydrogens (tertiary/aromatic N) is 3. The molecule has 9 heteroatoms. The molecule has 3 heterocycles. The van der Waals surface area contributed by atoms with Gasteiger partial charge in [-0.2, -0.15) is 0 Å². The van der Waals surface area contributed by atoms with Crippen molar-refractivity contribution in [2.24, 2.45) is 0 Å². The van der Waals surface area contributed by atoms with E-state index in [1.807, 2.05) is 17.6 Å². The topological polar surface area (TPSA) is 103 Å². The summed E-state index contributed by atoms with van der Waals surface area (Å²) in [7, 11) is 0. The van der Waals surface area contributed by atoms with Crippen LogP contribution < -0.4 is 0 Å². The number of rotatable bonds is 8. The first-order chi connectivity index (χ1) is 13.5. The van der Waals surface area contributed by atoms with Gasteiger partial charge in [0.1, 0.15) is 5.69 Å². The molecule has 0 radical (unpaired) electrons. The van der Waals surface area contributed by atoms with Crippen molar-refractivity contribution in [3.63, 3.8) is 0 Å². The molecule has 0 atom stereocenters. The van der Waals surface area contributed by atoms with Crippen molar-refractivity contribution < 1.29 is 18.7 Å². The van der Waals surface area contributed by atoms with Crippen molar-refractivity contribution in [1.82, 2.24) is 19.7 Å². The molecule has 0 aliphatic carbocycles. The Morgan fingerprint density at radius 1 is 1.29 bits per heavy atom. The molecule has 0 aliphatic heterocycles. The van der Waals surface area contributed by atoms with Crippen molar-refractivity contribution in [3.8, 4) is 11.6 Å². The van der Waals surface area contributed by atoms with E-state index in [0.29, 0.717) is 45.8 Å². The molecular weight excluding hydrogens is 380 g/mol. The second-order valence-corrected chi connectivity index (χ2v) is 7.03. The van der Waals surface area contributed by atoms with Crippen LogP contribution in [0.2, 0.25) is 0 Å². The highest BCUT2D eigenvalue weighted by atomic mass is 32.2. The summed E-state index contributed by atoms with van der Waals surface area (Å²) in [5, 5.41) is 9.01. The standard InChI is InChI=1S/C19H22N4O4S/c1-5-23-17(14-8-7-9-27-14)21-22-19(23)28-10-13(24)15-11(3)16(20-12(15)4)18(25)26-6-2/h7-9,20H,5-6,10H2,1-4H3. The van der Waals surface area contributed by atoms with E-state index in [1.165, 1.54) is 11.8 Å². The number of aromatic amines is 1. The molecule has 1 N–H and O–H groups in total. The third-order valence-corrected chi connectivity index (χ3v) is 5.27. The number of esters is 1. The van der Waals surface area contributed by atoms with E-state index in [1.54, 1.807) is 33.1 Å². The molecule has 8 nitrogen and oxygen atoms in total. The van der Waals surface area contributed by atoms with E-state index in [2.05, 4.69) is 15.2 Å². The van der Waals surface area contributed by atoms with Gasteiger partial charge in [-0.05, 0) is 45.4 Å². The highest BCUT2D eigenvalue weighted by molar-refractivity contribution is 7.99. The van der Waals surface area contributed by atoms with Gasteiger partial charge in [0.05, 0.1) is 18.6 Å². The minimum absolute atomic E-state index is 0.0861. The maximum absolute atomic E-state index is 12.8. The number of hydrogen-bond acceptors (Lipinski definition) is 7. The maximum atomic E-state index is 12.8. The van der Waals surface area contributed by atoms with E-state index < -0.39 is 5.97 Å². The molecule has 3 rings (SSSR count). The zero-order chi connectivity index (χ0) is 20.3. The van der Waals surface area contributed by atoms with Gasteiger partial charge in [-0.25, -0.2) is 4.79 Å². The molecule has 0 spiro atoms. The number of hydrogen-bond donors (Lipinski definition) is 1. The second-order valence-electron chi connectivity index (χ2n) is 6.09. The van der Waals surface area contributed by atoms with Crippen LogP contribution in [0.5, 0.6) is 0 Å². The quantitative estimate of drug-likeness (QED) is 0.348. The van der Waals surface area contributed by atoms with Crippen LogP contribution in [0, 0.1) is 13.8 Å². The van der Waals surface area contributed by atoms with Crippen LogP contribution in [0.4, 0.5) is 0 Å². The highest BCUT2D eigenvalue weighted by Crippen LogP contribution is 2.26. The van der Waals surface area contributed by atoms with Crippen LogP contribution >= 0.6 is 11.8 Å². The van der Waals surface area contributed by atoms with Crippen molar-refractivity contribution in [2.75, 3.05) is 12.4 Å². The molecule has 0 amide bonds. The Morgan fingerprint density at radius 2 is 2.07 bits per heavy atom. The molecule has 0 fully saturated rings. The SMILES string of the molecule is CCOC(=O)c1[nH]c(C)c(C(=O)CSc2nnc(-c3ccco3)n2CC)c1C. The average molecular weight is 402 g/mol. The van der Waals surface area contributed by atoms with E-state index >= 15 is 0 Å². The molecule has 0 unspecified atom stereocenters. The first-order valence-electron chi connectivity index (χ1n) is 8.97. The van der Waals surface area contributed by atoms with Crippen LogP contribution in [-0.2, 0) is 11.3 Å². The van der Waals surface area contributed by atoms with Gasteiger partial charge in [-0.15, -0.1) is 10.2 Å². The van der Waals surface area contributed by atoms with Gasteiger partial charge in [0.25, 0.3) is 0 Å². The van der Waals surface area contributed by atoms with E-state index in [4.69, 9.17) is 9.15 Å². The summed E-state index contributed by atoms with van der Waals surface area (Å²) >= 11 is 1.31. The van der Waals surface area contributed by atoms with E-state index in [9.17, 15) is 9.59 Å². The summed E-state index contributed by atoms with van der Waals surface area (Å²) in [5.41, 5.74) is 2.10. The first-order valence-corrected chi connectivity index (χ1v) is 9.95. The molecule has 0 saturated carbocycles. The fourth-order valence-corrected chi connectivity index (χ4v) is 3.92. The normalized spacial score (nSPS) is 11.0. The second kappa shape index (κ2) is 8.47. The van der Waals surface area contributed by atoms with Gasteiger partial charge in [0, 0.05) is 17.8 Å². The Morgan fingerprint density at radius 3 is 2.71 bits per heavy atom. The largest absolute Gasteiger partial charge is 0.461 e. The third kappa shape index (κ3) is 3.75. The number of furan rings is 1. The predicted octanol–water partition coefficient (Wildman–Crippen LogP) is 3.65. The molecular formula is C19H22N4O4S. The Kier molecular flexibility index (Phi) is 6.03. The monoisotopic (exact) mass is 402 g/mol. The lowest BCUT2D eigenvalue weighted by molar-refractivity contribution is 0.0519. The molecule has 0 aliphatic rings. The Bertz CT molecular complexity index is 988. The highest BCUT2D eigenvalue weighted by Gasteiger charge is 2.23. The minimum atomic E-state index is -0.455. The van der Waals surface area contributed by atoms with Crippen LogP contribution in [0.25, 0.3) is 11.6 Å². The minimum Gasteiger partial charge on any atom is -0.461 e. The molecule has 28 heavy (non-hydrogen) atoms. The van der Waals surface area contributed by atoms with Crippen LogP contribution in [-0.4, -0.2) is 43.9 Å². The number of aryl methyl sites for hydroxylation is 1. The number of Topliss-reactive ketones (excluding diaryl/α,β-unsaturated/α-hetero) is 1. The zero-order valence-corrected chi connectivity index (χ0v) is 17.1. The maximum Gasteiger partial charge on any atom is 0.355 e. The van der Waals surface area contributed by atoms with Gasteiger partial charge in [0.2, 0.25) is 0 Å². The lowest BCUT2D eigenvalue weighted by atomic mass is 10.1. The molecule has 3 aromatic rings. The number of carbonyl (C=O) groups is 2. The Labute approximate surface area is 166 Å². The predicted molar refractivity (Wildman–Crippen MR) is 105 cm³/mol. The number of ketones is 1. The number of thioether (sulfide) groups is 1. The van der Waals surface area contributed by atoms with Crippen molar-refractivity contribution in [1.29, 1.82) is 0 Å². The number of nitrogens with one attached hydrogen (secondary N) is 1. The average Bonchev–Trinajstić information content (AvgIpc) is 3.38. The van der Waals surface area contributed by atoms with Crippen LogP contribution in [0.3, 0.4) is 0 Å². The lowest BCUT2D eigenvalue weighted by Gasteiger charge is -2.06. The fourth-order valence-electron chi connectivity index (χ4n) is 3.05. The van der Waals surface area contributed by atoms with Gasteiger partial charge in [-0.1, -0.05) is 11.8 Å². The number of carbonyl (C=O) groups excluding carboxylic acids is 2. The van der Waals surface area contributed by atoms with Gasteiger partial charge in [-0.3, -0.25) is 9.36 Å². The summed E-state index contributed by atoms with van der Waals surface area (Å²) in [6, 6.07) is 3.61. The van der Waals surface area contributed by atoms with E-state index in [0.717, 1.165) is 0 Å². The molecule has 148 valence electrons. The summed E-state index contributed by atoms with van der Waals surface area (Å²) < 4.78 is 12.3. The summed E-state index contributed by atoms with van der Waals surface area (Å²) in [6.07, 6.45) is 1.58. The van der Waals surface area contributed by atoms with Crippen LogP contribution in [0.15, 0.2) is 28.0 Å². The Balaban J connectivity index is 1.78. The first kappa shape index (κ1) is 19.9. The van der Waals surface area contributed by atoms with Crippen molar-refractivity contribution in [3.05, 3.63) is 40.9 Å². The smallest absolute Gasteiger partial charge is 0.355 e. The summed E-state index contributed by atoms with van der Waals surface area (Å²) in [5.74, 6) is 0.892. The van der Waals surface area contributed by atoms with Gasteiger partial charge < -0.3 is 14.1 Å². The summed E-state index contributed by atoms with van der Waals surface area (Å²) in [4.78, 5) is 27.8.